The molecule has 0 unspecified atom stereocenters. The molecule has 3 rings (SSSR count). The molecule has 0 saturated heterocycles. The van der Waals surface area contributed by atoms with Gasteiger partial charge in [-0.3, -0.25) is 19.1 Å². The SMILES string of the molecule is CCc1nc(C)oc1C(=O)Nc1nc2cc(C(N)=O)cc(OCCCN(C)C(=O)OC(C)(C)C)c2n1C/C=C/COS(C)(=O)=O. The Morgan fingerprint density at radius 3 is 2.51 bits per heavy atom. The molecule has 0 spiro atoms. The number of amides is 3. The van der Waals surface area contributed by atoms with Gasteiger partial charge in [-0.25, -0.2) is 14.8 Å². The predicted octanol–water partition coefficient (Wildman–Crippen LogP) is 3.41. The number of rotatable bonds is 14. The first kappa shape index (κ1) is 35.0. The van der Waals surface area contributed by atoms with E-state index in [1.165, 1.54) is 23.1 Å². The van der Waals surface area contributed by atoms with E-state index < -0.39 is 33.6 Å². The van der Waals surface area contributed by atoms with Gasteiger partial charge in [-0.1, -0.05) is 19.1 Å². The first-order valence-electron chi connectivity index (χ1n) is 14.2. The number of allylic oxidation sites excluding steroid dienone is 1. The van der Waals surface area contributed by atoms with Crippen molar-refractivity contribution in [2.24, 2.45) is 5.73 Å². The highest BCUT2D eigenvalue weighted by molar-refractivity contribution is 7.86. The summed E-state index contributed by atoms with van der Waals surface area (Å²) >= 11 is 0. The second-order valence-corrected chi connectivity index (χ2v) is 12.8. The first-order valence-corrected chi connectivity index (χ1v) is 16.0. The monoisotopic (exact) mass is 648 g/mol. The molecule has 246 valence electrons. The molecule has 0 fully saturated rings. The molecule has 0 aliphatic rings. The minimum atomic E-state index is -3.65. The number of nitrogens with two attached hydrogens (primary N) is 1. The summed E-state index contributed by atoms with van der Waals surface area (Å²) in [5, 5.41) is 2.75. The predicted molar refractivity (Wildman–Crippen MR) is 166 cm³/mol. The lowest BCUT2D eigenvalue weighted by Gasteiger charge is -2.24. The summed E-state index contributed by atoms with van der Waals surface area (Å²) in [6.07, 6.45) is 4.47. The van der Waals surface area contributed by atoms with Gasteiger partial charge in [0.15, 0.2) is 5.89 Å². The van der Waals surface area contributed by atoms with Crippen molar-refractivity contribution < 1.29 is 40.9 Å². The molecule has 2 heterocycles. The van der Waals surface area contributed by atoms with Crippen molar-refractivity contribution in [2.45, 2.75) is 59.6 Å². The van der Waals surface area contributed by atoms with Gasteiger partial charge in [0.25, 0.3) is 16.0 Å². The van der Waals surface area contributed by atoms with Crippen molar-refractivity contribution in [3.63, 3.8) is 0 Å². The Bertz CT molecular complexity index is 1690. The number of aryl methyl sites for hydroxylation is 2. The number of anilines is 1. The number of hydrogen-bond acceptors (Lipinski definition) is 11. The zero-order valence-electron chi connectivity index (χ0n) is 26.5. The van der Waals surface area contributed by atoms with Crippen LogP contribution in [0.15, 0.2) is 28.7 Å². The van der Waals surface area contributed by atoms with Crippen molar-refractivity contribution in [1.29, 1.82) is 0 Å². The van der Waals surface area contributed by atoms with E-state index in [-0.39, 0.29) is 42.8 Å². The molecular weight excluding hydrogens is 608 g/mol. The maximum Gasteiger partial charge on any atom is 0.410 e. The third-order valence-electron chi connectivity index (χ3n) is 6.10. The molecule has 3 amide bonds. The van der Waals surface area contributed by atoms with Crippen LogP contribution in [0.2, 0.25) is 0 Å². The lowest BCUT2D eigenvalue weighted by Crippen LogP contribution is -2.35. The zero-order valence-corrected chi connectivity index (χ0v) is 27.3. The van der Waals surface area contributed by atoms with E-state index in [2.05, 4.69) is 15.3 Å². The van der Waals surface area contributed by atoms with E-state index in [0.717, 1.165) is 6.26 Å². The fourth-order valence-electron chi connectivity index (χ4n) is 4.13. The van der Waals surface area contributed by atoms with Crippen molar-refractivity contribution in [1.82, 2.24) is 19.4 Å². The number of carbonyl (C=O) groups excluding carboxylic acids is 3. The molecule has 0 aliphatic carbocycles. The van der Waals surface area contributed by atoms with Crippen molar-refractivity contribution in [3.8, 4) is 5.75 Å². The number of imidazole rings is 1. The standard InChI is InChI=1S/C29H40N6O9S/c1-8-20-24(43-18(2)31-20)26(37)33-27-32-21-16-19(25(30)36)17-22(23(21)35(27)13-9-10-15-42-45(7,39)40)41-14-11-12-34(6)28(38)44-29(3,4)5/h9-10,16-17H,8,11-15H2,1-7H3,(H2,30,36)(H,32,33,37)/b10-9+. The molecule has 15 nitrogen and oxygen atoms in total. The van der Waals surface area contributed by atoms with E-state index in [9.17, 15) is 22.8 Å². The minimum absolute atomic E-state index is 0.0362. The first-order chi connectivity index (χ1) is 21.0. The highest BCUT2D eigenvalue weighted by Crippen LogP contribution is 2.31. The summed E-state index contributed by atoms with van der Waals surface area (Å²) in [5.41, 5.74) is 6.28. The number of benzene rings is 1. The van der Waals surface area contributed by atoms with Gasteiger partial charge in [0.2, 0.25) is 17.6 Å². The molecule has 3 aromatic rings. The lowest BCUT2D eigenvalue weighted by molar-refractivity contribution is 0.0292. The third kappa shape index (κ3) is 10.0. The van der Waals surface area contributed by atoms with Gasteiger partial charge in [0.1, 0.15) is 16.9 Å². The van der Waals surface area contributed by atoms with E-state index in [0.29, 0.717) is 42.0 Å². The van der Waals surface area contributed by atoms with Crippen molar-refractivity contribution in [2.75, 3.05) is 38.4 Å². The number of carbonyl (C=O) groups is 3. The summed E-state index contributed by atoms with van der Waals surface area (Å²) in [4.78, 5) is 47.9. The Hall–Kier alpha value is -4.44. The van der Waals surface area contributed by atoms with Crippen LogP contribution in [0.4, 0.5) is 10.7 Å². The number of aromatic nitrogens is 3. The number of primary amides is 1. The molecule has 0 saturated carbocycles. The van der Waals surface area contributed by atoms with Crippen molar-refractivity contribution >= 4 is 45.0 Å². The van der Waals surface area contributed by atoms with Crippen LogP contribution in [0.5, 0.6) is 5.75 Å². The molecule has 1 aromatic carbocycles. The van der Waals surface area contributed by atoms with Gasteiger partial charge in [0.05, 0.1) is 30.7 Å². The third-order valence-corrected chi connectivity index (χ3v) is 6.66. The molecule has 3 N–H and O–H groups in total. The summed E-state index contributed by atoms with van der Waals surface area (Å²) < 4.78 is 46.1. The minimum Gasteiger partial charge on any atom is -0.491 e. The molecule has 0 aliphatic heterocycles. The number of nitrogens with one attached hydrogen (secondary N) is 1. The Labute approximate surface area is 261 Å². The molecule has 45 heavy (non-hydrogen) atoms. The van der Waals surface area contributed by atoms with Crippen LogP contribution in [0, 0.1) is 6.92 Å². The zero-order chi connectivity index (χ0) is 33.5. The van der Waals surface area contributed by atoms with E-state index in [4.69, 9.17) is 23.8 Å². The normalized spacial score (nSPS) is 12.1. The van der Waals surface area contributed by atoms with Crippen LogP contribution < -0.4 is 15.8 Å². The number of hydrogen-bond donors (Lipinski definition) is 2. The average Bonchev–Trinajstić information content (AvgIpc) is 3.48. The van der Waals surface area contributed by atoms with Crippen LogP contribution in [0.1, 0.15) is 66.6 Å². The van der Waals surface area contributed by atoms with Crippen LogP contribution in [0.25, 0.3) is 11.0 Å². The quantitative estimate of drug-likeness (QED) is 0.148. The number of nitrogens with zero attached hydrogens (tertiary/aromatic N) is 4. The Morgan fingerprint density at radius 1 is 1.18 bits per heavy atom. The van der Waals surface area contributed by atoms with Gasteiger partial charge in [-0.05, 0) is 45.7 Å². The highest BCUT2D eigenvalue weighted by Gasteiger charge is 2.24. The fraction of sp³-hybridized carbons (Fsp3) is 0.483. The summed E-state index contributed by atoms with van der Waals surface area (Å²) in [5.74, 6) is -0.589. The molecule has 0 radical (unpaired) electrons. The topological polar surface area (TPSA) is 198 Å². The maximum atomic E-state index is 13.2. The number of fused-ring (bicyclic) bond motifs is 1. The second kappa shape index (κ2) is 14.6. The van der Waals surface area contributed by atoms with Gasteiger partial charge >= 0.3 is 6.09 Å². The van der Waals surface area contributed by atoms with E-state index in [1.54, 1.807) is 45.4 Å². The van der Waals surface area contributed by atoms with Crippen molar-refractivity contribution in [3.05, 3.63) is 47.2 Å². The van der Waals surface area contributed by atoms with Gasteiger partial charge in [0, 0.05) is 32.6 Å². The maximum absolute atomic E-state index is 13.2. The van der Waals surface area contributed by atoms with E-state index in [1.807, 2.05) is 6.92 Å². The Balaban J connectivity index is 1.96. The molecule has 16 heteroatoms. The van der Waals surface area contributed by atoms with Crippen LogP contribution >= 0.6 is 0 Å². The molecular formula is C29H40N6O9S. The lowest BCUT2D eigenvalue weighted by atomic mass is 10.1. The highest BCUT2D eigenvalue weighted by atomic mass is 32.2. The molecule has 0 atom stereocenters. The number of ether oxygens (including phenoxy) is 2. The van der Waals surface area contributed by atoms with Crippen LogP contribution in [0.3, 0.4) is 0 Å². The van der Waals surface area contributed by atoms with Crippen LogP contribution in [-0.4, -0.2) is 84.4 Å². The molecule has 2 aromatic heterocycles. The van der Waals surface area contributed by atoms with Gasteiger partial charge in [-0.2, -0.15) is 8.42 Å². The Kier molecular flexibility index (Phi) is 11.3. The smallest absolute Gasteiger partial charge is 0.410 e. The van der Waals surface area contributed by atoms with Gasteiger partial charge in [-0.15, -0.1) is 0 Å². The summed E-state index contributed by atoms with van der Waals surface area (Å²) in [7, 11) is -2.03. The van der Waals surface area contributed by atoms with Gasteiger partial charge < -0.3 is 29.1 Å². The van der Waals surface area contributed by atoms with E-state index >= 15 is 0 Å². The van der Waals surface area contributed by atoms with Crippen LogP contribution in [-0.2, 0) is 32.0 Å². The average molecular weight is 649 g/mol. The largest absolute Gasteiger partial charge is 0.491 e. The molecule has 0 bridgehead atoms. The second-order valence-electron chi connectivity index (χ2n) is 11.1. The summed E-state index contributed by atoms with van der Waals surface area (Å²) in [6, 6.07) is 2.94. The Morgan fingerprint density at radius 2 is 1.89 bits per heavy atom. The summed E-state index contributed by atoms with van der Waals surface area (Å²) in [6.45, 7) is 9.18. The fourth-order valence-corrected chi connectivity index (χ4v) is 4.45. The number of oxazole rings is 1.